The fourth-order valence-corrected chi connectivity index (χ4v) is 2.40. The number of benzene rings is 1. The number of nitrogens with zero attached hydrogens (tertiary/aromatic N) is 1. The summed E-state index contributed by atoms with van der Waals surface area (Å²) in [7, 11) is 0. The maximum Gasteiger partial charge on any atom is 0.251 e. The second-order valence-corrected chi connectivity index (χ2v) is 5.14. The predicted octanol–water partition coefficient (Wildman–Crippen LogP) is 1.50. The van der Waals surface area contributed by atoms with Crippen LogP contribution in [0.15, 0.2) is 41.3 Å². The molecule has 1 aromatic heterocycles. The van der Waals surface area contributed by atoms with E-state index in [1.54, 1.807) is 18.3 Å². The summed E-state index contributed by atoms with van der Waals surface area (Å²) in [5.41, 5.74) is 1.46. The Bertz CT molecular complexity index is 605. The van der Waals surface area contributed by atoms with Gasteiger partial charge in [-0.1, -0.05) is 12.1 Å². The first-order valence-electron chi connectivity index (χ1n) is 6.90. The fraction of sp³-hybridized carbons (Fsp3) is 0.333. The molecular weight excluding hydrogens is 341 g/mol. The van der Waals surface area contributed by atoms with Crippen LogP contribution in [0.1, 0.15) is 10.4 Å². The molecule has 0 bridgehead atoms. The van der Waals surface area contributed by atoms with Gasteiger partial charge in [-0.3, -0.25) is 4.79 Å². The van der Waals surface area contributed by atoms with E-state index in [1.165, 1.54) is 6.39 Å². The molecule has 1 aliphatic rings. The second kappa shape index (κ2) is 8.88. The first-order chi connectivity index (χ1) is 10.2. The molecule has 2 unspecified atom stereocenters. The number of hydrogen-bond donors (Lipinski definition) is 3. The van der Waals surface area contributed by atoms with E-state index in [0.29, 0.717) is 24.4 Å². The third kappa shape index (κ3) is 4.68. The van der Waals surface area contributed by atoms with E-state index in [0.717, 1.165) is 12.1 Å². The first kappa shape index (κ1) is 19.4. The molecule has 0 aliphatic carbocycles. The zero-order chi connectivity index (χ0) is 14.7. The average molecular weight is 360 g/mol. The van der Waals surface area contributed by atoms with Gasteiger partial charge in [-0.25, -0.2) is 4.98 Å². The molecule has 2 aromatic rings. The highest BCUT2D eigenvalue weighted by molar-refractivity contribution is 5.94. The molecule has 2 atom stereocenters. The molecule has 1 fully saturated rings. The van der Waals surface area contributed by atoms with Gasteiger partial charge in [0, 0.05) is 36.7 Å². The van der Waals surface area contributed by atoms with E-state index in [9.17, 15) is 9.90 Å². The van der Waals surface area contributed by atoms with E-state index in [2.05, 4.69) is 15.6 Å². The number of rotatable bonds is 4. The smallest absolute Gasteiger partial charge is 0.251 e. The molecule has 0 saturated carbocycles. The lowest BCUT2D eigenvalue weighted by Gasteiger charge is -2.14. The molecule has 8 heteroatoms. The molecular formula is C15H19Cl2N3O3. The minimum atomic E-state index is -0.390. The van der Waals surface area contributed by atoms with Gasteiger partial charge in [0.15, 0.2) is 12.2 Å². The van der Waals surface area contributed by atoms with Gasteiger partial charge in [0.2, 0.25) is 0 Å². The van der Waals surface area contributed by atoms with E-state index >= 15 is 0 Å². The summed E-state index contributed by atoms with van der Waals surface area (Å²) in [6.07, 6.45) is 2.61. The van der Waals surface area contributed by atoms with Gasteiger partial charge in [-0.15, -0.1) is 24.8 Å². The zero-order valence-corrected chi connectivity index (χ0v) is 13.9. The van der Waals surface area contributed by atoms with Gasteiger partial charge < -0.3 is 20.2 Å². The van der Waals surface area contributed by atoms with Crippen LogP contribution in [0.4, 0.5) is 0 Å². The molecule has 2 heterocycles. The Hall–Kier alpha value is -1.60. The van der Waals surface area contributed by atoms with Crippen LogP contribution < -0.4 is 10.6 Å². The summed E-state index contributed by atoms with van der Waals surface area (Å²) in [5, 5.41) is 15.6. The normalized spacial score (nSPS) is 19.5. The lowest BCUT2D eigenvalue weighted by Crippen LogP contribution is -2.34. The highest BCUT2D eigenvalue weighted by atomic mass is 35.5. The number of aliphatic hydroxyl groups is 1. The lowest BCUT2D eigenvalue weighted by molar-refractivity contribution is 0.0927. The van der Waals surface area contributed by atoms with Crippen molar-refractivity contribution in [2.45, 2.75) is 6.10 Å². The molecule has 1 aromatic carbocycles. The Morgan fingerprint density at radius 1 is 1.30 bits per heavy atom. The Labute approximate surface area is 146 Å². The molecule has 1 aliphatic heterocycles. The molecule has 1 amide bonds. The van der Waals surface area contributed by atoms with Crippen molar-refractivity contribution in [2.24, 2.45) is 5.92 Å². The SMILES string of the molecule is Cl.Cl.O=C(NCC1CNCC1O)c1ccc(-c2cnco2)cc1. The third-order valence-corrected chi connectivity index (χ3v) is 3.69. The van der Waals surface area contributed by atoms with Crippen LogP contribution in [0.2, 0.25) is 0 Å². The maximum atomic E-state index is 12.1. The van der Waals surface area contributed by atoms with Crippen LogP contribution in [0.5, 0.6) is 0 Å². The molecule has 6 nitrogen and oxygen atoms in total. The van der Waals surface area contributed by atoms with Gasteiger partial charge in [0.1, 0.15) is 0 Å². The number of nitrogens with one attached hydrogen (secondary N) is 2. The number of aliphatic hydroxyl groups excluding tert-OH is 1. The summed E-state index contributed by atoms with van der Waals surface area (Å²) >= 11 is 0. The molecule has 23 heavy (non-hydrogen) atoms. The Kier molecular flexibility index (Phi) is 7.51. The topological polar surface area (TPSA) is 87.4 Å². The molecule has 126 valence electrons. The van der Waals surface area contributed by atoms with Crippen molar-refractivity contribution >= 4 is 30.7 Å². The Morgan fingerprint density at radius 2 is 2.04 bits per heavy atom. The quantitative estimate of drug-likeness (QED) is 0.769. The van der Waals surface area contributed by atoms with Crippen molar-refractivity contribution in [3.8, 4) is 11.3 Å². The predicted molar refractivity (Wildman–Crippen MR) is 91.1 cm³/mol. The van der Waals surface area contributed by atoms with Crippen molar-refractivity contribution in [1.29, 1.82) is 0 Å². The number of hydrogen-bond acceptors (Lipinski definition) is 5. The van der Waals surface area contributed by atoms with E-state index < -0.39 is 0 Å². The Balaban J connectivity index is 0.00000132. The van der Waals surface area contributed by atoms with Gasteiger partial charge in [0.25, 0.3) is 5.91 Å². The van der Waals surface area contributed by atoms with Crippen LogP contribution in [0, 0.1) is 5.92 Å². The Morgan fingerprint density at radius 3 is 2.61 bits per heavy atom. The maximum absolute atomic E-state index is 12.1. The van der Waals surface area contributed by atoms with Crippen molar-refractivity contribution in [1.82, 2.24) is 15.6 Å². The first-order valence-corrected chi connectivity index (χ1v) is 6.90. The van der Waals surface area contributed by atoms with Crippen LogP contribution in [-0.4, -0.2) is 41.7 Å². The van der Waals surface area contributed by atoms with Crippen molar-refractivity contribution in [2.75, 3.05) is 19.6 Å². The fourth-order valence-electron chi connectivity index (χ4n) is 2.40. The van der Waals surface area contributed by atoms with Gasteiger partial charge in [-0.05, 0) is 12.1 Å². The van der Waals surface area contributed by atoms with Gasteiger partial charge in [0.05, 0.1) is 12.3 Å². The van der Waals surface area contributed by atoms with E-state index in [4.69, 9.17) is 4.42 Å². The summed E-state index contributed by atoms with van der Waals surface area (Å²) in [6.45, 7) is 1.79. The van der Waals surface area contributed by atoms with Crippen LogP contribution in [0.25, 0.3) is 11.3 Å². The minimum absolute atomic E-state index is 0. The number of halogens is 2. The largest absolute Gasteiger partial charge is 0.444 e. The summed E-state index contributed by atoms with van der Waals surface area (Å²) < 4.78 is 5.20. The molecule has 3 rings (SSSR count). The molecule has 0 radical (unpaired) electrons. The molecule has 0 spiro atoms. The van der Waals surface area contributed by atoms with E-state index in [1.807, 2.05) is 12.1 Å². The number of aromatic nitrogens is 1. The van der Waals surface area contributed by atoms with Crippen molar-refractivity contribution in [3.63, 3.8) is 0 Å². The van der Waals surface area contributed by atoms with Crippen molar-refractivity contribution < 1.29 is 14.3 Å². The summed E-state index contributed by atoms with van der Waals surface area (Å²) in [6, 6.07) is 7.13. The molecule has 1 saturated heterocycles. The van der Waals surface area contributed by atoms with Crippen LogP contribution in [-0.2, 0) is 0 Å². The highest BCUT2D eigenvalue weighted by Gasteiger charge is 2.25. The summed E-state index contributed by atoms with van der Waals surface area (Å²) in [5.74, 6) is 0.600. The van der Waals surface area contributed by atoms with Crippen LogP contribution >= 0.6 is 24.8 Å². The number of amides is 1. The number of carbonyl (C=O) groups is 1. The van der Waals surface area contributed by atoms with Crippen LogP contribution in [0.3, 0.4) is 0 Å². The molecule has 3 N–H and O–H groups in total. The average Bonchev–Trinajstić information content (AvgIpc) is 3.17. The minimum Gasteiger partial charge on any atom is -0.444 e. The van der Waals surface area contributed by atoms with Crippen molar-refractivity contribution in [3.05, 3.63) is 42.4 Å². The highest BCUT2D eigenvalue weighted by Crippen LogP contribution is 2.18. The van der Waals surface area contributed by atoms with Gasteiger partial charge in [-0.2, -0.15) is 0 Å². The zero-order valence-electron chi connectivity index (χ0n) is 12.3. The third-order valence-electron chi connectivity index (χ3n) is 3.69. The number of oxazole rings is 1. The lowest BCUT2D eigenvalue weighted by atomic mass is 10.1. The second-order valence-electron chi connectivity index (χ2n) is 5.14. The van der Waals surface area contributed by atoms with E-state index in [-0.39, 0.29) is 42.7 Å². The number of carbonyl (C=O) groups excluding carboxylic acids is 1. The van der Waals surface area contributed by atoms with Gasteiger partial charge >= 0.3 is 0 Å². The monoisotopic (exact) mass is 359 g/mol. The number of β-amino-alcohol motifs (C(OH)–C–C–N with tert-alkyl or cyclic N) is 1. The standard InChI is InChI=1S/C15H17N3O3.2ClH/c19-13-7-16-5-12(13)6-18-15(20)11-3-1-10(2-4-11)14-8-17-9-21-14;;/h1-4,8-9,12-13,16,19H,5-7H2,(H,18,20);2*1H. The summed E-state index contributed by atoms with van der Waals surface area (Å²) in [4.78, 5) is 15.9.